The largest absolute Gasteiger partial charge is 0.376 e. The van der Waals surface area contributed by atoms with E-state index in [4.69, 9.17) is 4.74 Å². The lowest BCUT2D eigenvalue weighted by Gasteiger charge is -2.26. The second kappa shape index (κ2) is 8.04. The molecule has 8 heteroatoms. The standard InChI is InChI=1S/C19H16F5NO2/c20-12-4-1-3-11(7-12)9-25(10-13-5-2-6-27-13)19(26)14-8-15(21)17(23)18(24)16(14)22/h1,3-4,7-8,13H,2,5-6,9-10H2/t13-/m1/s1. The smallest absolute Gasteiger partial charge is 0.257 e. The lowest BCUT2D eigenvalue weighted by molar-refractivity contribution is 0.0502. The molecule has 0 unspecified atom stereocenters. The van der Waals surface area contributed by atoms with E-state index in [0.29, 0.717) is 24.7 Å². The first kappa shape index (κ1) is 19.3. The van der Waals surface area contributed by atoms with Crippen LogP contribution in [-0.2, 0) is 11.3 Å². The average Bonchev–Trinajstić information content (AvgIpc) is 3.15. The van der Waals surface area contributed by atoms with Crippen molar-refractivity contribution in [2.45, 2.75) is 25.5 Å². The van der Waals surface area contributed by atoms with Crippen LogP contribution in [0.25, 0.3) is 0 Å². The van der Waals surface area contributed by atoms with E-state index in [2.05, 4.69) is 0 Å². The van der Waals surface area contributed by atoms with Gasteiger partial charge in [0, 0.05) is 19.7 Å². The van der Waals surface area contributed by atoms with Gasteiger partial charge in [0.25, 0.3) is 5.91 Å². The maximum absolute atomic E-state index is 14.0. The average molecular weight is 385 g/mol. The first-order valence-electron chi connectivity index (χ1n) is 8.35. The van der Waals surface area contributed by atoms with Gasteiger partial charge in [-0.25, -0.2) is 22.0 Å². The summed E-state index contributed by atoms with van der Waals surface area (Å²) in [5.74, 6) is -9.04. The van der Waals surface area contributed by atoms with Crippen LogP contribution in [0.5, 0.6) is 0 Å². The van der Waals surface area contributed by atoms with Crippen LogP contribution >= 0.6 is 0 Å². The predicted molar refractivity (Wildman–Crippen MR) is 86.4 cm³/mol. The summed E-state index contributed by atoms with van der Waals surface area (Å²) >= 11 is 0. The molecule has 27 heavy (non-hydrogen) atoms. The molecule has 0 aromatic heterocycles. The summed E-state index contributed by atoms with van der Waals surface area (Å²) in [6.07, 6.45) is 1.10. The second-order valence-corrected chi connectivity index (χ2v) is 6.30. The molecule has 1 amide bonds. The van der Waals surface area contributed by atoms with Gasteiger partial charge in [-0.2, -0.15) is 0 Å². The fourth-order valence-corrected chi connectivity index (χ4v) is 3.01. The molecule has 0 radical (unpaired) electrons. The third-order valence-corrected chi connectivity index (χ3v) is 4.33. The minimum absolute atomic E-state index is 0.0232. The molecule has 2 aromatic carbocycles. The number of hydrogen-bond acceptors (Lipinski definition) is 2. The van der Waals surface area contributed by atoms with E-state index in [0.717, 1.165) is 11.3 Å². The number of ether oxygens (including phenoxy) is 1. The molecule has 144 valence electrons. The van der Waals surface area contributed by atoms with Crippen molar-refractivity contribution < 1.29 is 31.5 Å². The molecular weight excluding hydrogens is 369 g/mol. The minimum Gasteiger partial charge on any atom is -0.376 e. The van der Waals surface area contributed by atoms with Crippen LogP contribution in [0.2, 0.25) is 0 Å². The van der Waals surface area contributed by atoms with Crippen molar-refractivity contribution in [2.75, 3.05) is 13.2 Å². The summed E-state index contributed by atoms with van der Waals surface area (Å²) in [4.78, 5) is 13.9. The molecule has 1 atom stereocenters. The summed E-state index contributed by atoms with van der Waals surface area (Å²) in [6.45, 7) is 0.396. The SMILES string of the molecule is O=C(c1cc(F)c(F)c(F)c1F)N(Cc1cccc(F)c1)C[C@H]1CCCO1. The van der Waals surface area contributed by atoms with Crippen molar-refractivity contribution in [3.05, 3.63) is 70.5 Å². The minimum atomic E-state index is -2.05. The van der Waals surface area contributed by atoms with Crippen molar-refractivity contribution in [1.29, 1.82) is 0 Å². The number of amides is 1. The normalized spacial score (nSPS) is 16.6. The third kappa shape index (κ3) is 4.27. The molecule has 0 aliphatic carbocycles. The van der Waals surface area contributed by atoms with E-state index in [9.17, 15) is 26.7 Å². The Morgan fingerprint density at radius 3 is 2.52 bits per heavy atom. The predicted octanol–water partition coefficient (Wildman–Crippen LogP) is 4.20. The van der Waals surface area contributed by atoms with E-state index in [-0.39, 0.29) is 19.2 Å². The highest BCUT2D eigenvalue weighted by molar-refractivity contribution is 5.94. The summed E-state index contributed by atoms with van der Waals surface area (Å²) in [5.41, 5.74) is -0.523. The van der Waals surface area contributed by atoms with Crippen molar-refractivity contribution in [3.63, 3.8) is 0 Å². The number of carbonyl (C=O) groups excluding carboxylic acids is 1. The Morgan fingerprint density at radius 2 is 1.85 bits per heavy atom. The highest BCUT2D eigenvalue weighted by Crippen LogP contribution is 2.23. The maximum atomic E-state index is 14.0. The van der Waals surface area contributed by atoms with Gasteiger partial charge in [-0.1, -0.05) is 12.1 Å². The van der Waals surface area contributed by atoms with Crippen LogP contribution in [0, 0.1) is 29.1 Å². The van der Waals surface area contributed by atoms with Crippen LogP contribution in [0.1, 0.15) is 28.8 Å². The molecule has 3 nitrogen and oxygen atoms in total. The maximum Gasteiger partial charge on any atom is 0.257 e. The van der Waals surface area contributed by atoms with E-state index >= 15 is 0 Å². The number of rotatable bonds is 5. The number of halogens is 5. The highest BCUT2D eigenvalue weighted by atomic mass is 19.2. The first-order chi connectivity index (χ1) is 12.9. The van der Waals surface area contributed by atoms with E-state index in [1.807, 2.05) is 0 Å². The number of nitrogens with zero attached hydrogens (tertiary/aromatic N) is 1. The zero-order valence-electron chi connectivity index (χ0n) is 14.2. The van der Waals surface area contributed by atoms with Gasteiger partial charge in [-0.05, 0) is 36.6 Å². The second-order valence-electron chi connectivity index (χ2n) is 6.30. The van der Waals surface area contributed by atoms with Crippen LogP contribution in [-0.4, -0.2) is 30.1 Å². The van der Waals surface area contributed by atoms with Crippen LogP contribution < -0.4 is 0 Å². The fourth-order valence-electron chi connectivity index (χ4n) is 3.01. The Hall–Kier alpha value is -2.48. The lowest BCUT2D eigenvalue weighted by Crippen LogP contribution is -2.37. The molecule has 0 bridgehead atoms. The van der Waals surface area contributed by atoms with Crippen LogP contribution in [0.3, 0.4) is 0 Å². The van der Waals surface area contributed by atoms with Gasteiger partial charge in [0.15, 0.2) is 23.3 Å². The lowest BCUT2D eigenvalue weighted by atomic mass is 10.1. The molecule has 1 heterocycles. The van der Waals surface area contributed by atoms with Crippen LogP contribution in [0.4, 0.5) is 22.0 Å². The van der Waals surface area contributed by atoms with Crippen LogP contribution in [0.15, 0.2) is 30.3 Å². The first-order valence-corrected chi connectivity index (χ1v) is 8.35. The molecule has 1 aliphatic rings. The highest BCUT2D eigenvalue weighted by Gasteiger charge is 2.29. The fraction of sp³-hybridized carbons (Fsp3) is 0.316. The van der Waals surface area contributed by atoms with Gasteiger partial charge in [-0.15, -0.1) is 0 Å². The van der Waals surface area contributed by atoms with E-state index < -0.39 is 40.6 Å². The molecule has 0 spiro atoms. The topological polar surface area (TPSA) is 29.5 Å². The Bertz CT molecular complexity index is 852. The monoisotopic (exact) mass is 385 g/mol. The van der Waals surface area contributed by atoms with Gasteiger partial charge < -0.3 is 9.64 Å². The summed E-state index contributed by atoms with van der Waals surface area (Å²) < 4.78 is 73.1. The molecule has 1 fully saturated rings. The van der Waals surface area contributed by atoms with Crippen molar-refractivity contribution in [2.24, 2.45) is 0 Å². The molecule has 0 saturated carbocycles. The van der Waals surface area contributed by atoms with Crippen molar-refractivity contribution in [1.82, 2.24) is 4.90 Å². The van der Waals surface area contributed by atoms with E-state index in [1.54, 1.807) is 6.07 Å². The molecule has 2 aromatic rings. The Balaban J connectivity index is 1.92. The molecular formula is C19H16F5NO2. The van der Waals surface area contributed by atoms with Gasteiger partial charge >= 0.3 is 0 Å². The quantitative estimate of drug-likeness (QED) is 0.439. The van der Waals surface area contributed by atoms with Gasteiger partial charge in [-0.3, -0.25) is 4.79 Å². The van der Waals surface area contributed by atoms with Gasteiger partial charge in [0.1, 0.15) is 5.82 Å². The third-order valence-electron chi connectivity index (χ3n) is 4.33. The zero-order chi connectivity index (χ0) is 19.6. The summed E-state index contributed by atoms with van der Waals surface area (Å²) in [5, 5.41) is 0. The molecule has 1 aliphatic heterocycles. The Labute approximate surface area is 152 Å². The zero-order valence-corrected chi connectivity index (χ0v) is 14.2. The molecule has 3 rings (SSSR count). The summed E-state index contributed by atoms with van der Waals surface area (Å²) in [7, 11) is 0. The summed E-state index contributed by atoms with van der Waals surface area (Å²) in [6, 6.07) is 5.74. The number of carbonyl (C=O) groups is 1. The van der Waals surface area contributed by atoms with Crippen molar-refractivity contribution in [3.8, 4) is 0 Å². The molecule has 1 saturated heterocycles. The molecule has 0 N–H and O–H groups in total. The van der Waals surface area contributed by atoms with Crippen molar-refractivity contribution >= 4 is 5.91 Å². The van der Waals surface area contributed by atoms with Gasteiger partial charge in [0.2, 0.25) is 0 Å². The number of benzene rings is 2. The van der Waals surface area contributed by atoms with Gasteiger partial charge in [0.05, 0.1) is 11.7 Å². The Morgan fingerprint density at radius 1 is 1.07 bits per heavy atom. The number of hydrogen-bond donors (Lipinski definition) is 0. The Kier molecular flexibility index (Phi) is 5.74. The van der Waals surface area contributed by atoms with E-state index in [1.165, 1.54) is 18.2 Å².